The Bertz CT molecular complexity index is 481. The molecule has 1 aromatic heterocycles. The zero-order valence-electron chi connectivity index (χ0n) is 7.79. The average Bonchev–Trinajstić information content (AvgIpc) is 2.65. The molecule has 0 fully saturated rings. The van der Waals surface area contributed by atoms with E-state index in [0.717, 1.165) is 5.69 Å². The van der Waals surface area contributed by atoms with Crippen LogP contribution in [0.3, 0.4) is 0 Å². The molecule has 0 aliphatic heterocycles. The highest BCUT2D eigenvalue weighted by Gasteiger charge is 1.97. The average molecular weight is 221 g/mol. The molecular weight excluding hydrogens is 212 g/mol. The van der Waals surface area contributed by atoms with Gasteiger partial charge in [0.2, 0.25) is 0 Å². The van der Waals surface area contributed by atoms with Crippen LogP contribution < -0.4 is 5.73 Å². The van der Waals surface area contributed by atoms with Crippen molar-refractivity contribution in [2.45, 2.75) is 0 Å². The van der Waals surface area contributed by atoms with Gasteiger partial charge in [0.25, 0.3) is 0 Å². The zero-order valence-corrected chi connectivity index (χ0v) is 8.61. The fourth-order valence-corrected chi connectivity index (χ4v) is 1.19. The number of benzene rings is 1. The maximum Gasteiger partial charge on any atom is 0.141 e. The van der Waals surface area contributed by atoms with E-state index in [1.165, 1.54) is 0 Å². The summed E-state index contributed by atoms with van der Waals surface area (Å²) in [5.74, 6) is 0.481. The van der Waals surface area contributed by atoms with Crippen LogP contribution in [0.5, 0.6) is 0 Å². The number of hydrogen-bond donors (Lipinski definition) is 1. The first kappa shape index (κ1) is 11.1. The predicted octanol–water partition coefficient (Wildman–Crippen LogP) is 1.75. The van der Waals surface area contributed by atoms with Crippen molar-refractivity contribution in [3.8, 4) is 11.8 Å². The van der Waals surface area contributed by atoms with Gasteiger partial charge in [-0.1, -0.05) is 0 Å². The first-order valence-electron chi connectivity index (χ1n) is 4.09. The molecule has 0 saturated carbocycles. The molecule has 0 saturated heterocycles. The second kappa shape index (κ2) is 4.49. The van der Waals surface area contributed by atoms with E-state index < -0.39 is 0 Å². The van der Waals surface area contributed by atoms with E-state index in [0.29, 0.717) is 11.4 Å². The lowest BCUT2D eigenvalue weighted by Crippen LogP contribution is -1.89. The molecule has 0 aliphatic rings. The number of halogens is 1. The Morgan fingerprint density at radius 2 is 1.93 bits per heavy atom. The van der Waals surface area contributed by atoms with Gasteiger partial charge >= 0.3 is 0 Å². The third kappa shape index (κ3) is 2.27. The van der Waals surface area contributed by atoms with E-state index in [1.807, 2.05) is 12.1 Å². The van der Waals surface area contributed by atoms with Gasteiger partial charge in [0.05, 0.1) is 17.8 Å². The van der Waals surface area contributed by atoms with Gasteiger partial charge in [0.15, 0.2) is 0 Å². The lowest BCUT2D eigenvalue weighted by Gasteiger charge is -2.00. The number of nitriles is 1. The Morgan fingerprint density at radius 3 is 2.40 bits per heavy atom. The lowest BCUT2D eigenvalue weighted by molar-refractivity contribution is 1.06. The highest BCUT2D eigenvalue weighted by Crippen LogP contribution is 2.10. The zero-order chi connectivity index (χ0) is 9.97. The van der Waals surface area contributed by atoms with Crippen LogP contribution in [0.1, 0.15) is 5.56 Å². The second-order valence-electron chi connectivity index (χ2n) is 2.86. The summed E-state index contributed by atoms with van der Waals surface area (Å²) in [4.78, 5) is 3.91. The minimum atomic E-state index is 0. The van der Waals surface area contributed by atoms with Crippen LogP contribution in [0, 0.1) is 11.3 Å². The molecule has 76 valence electrons. The number of imidazole rings is 1. The van der Waals surface area contributed by atoms with E-state index in [9.17, 15) is 0 Å². The molecule has 0 radical (unpaired) electrons. The van der Waals surface area contributed by atoms with Crippen LogP contribution in [0.4, 0.5) is 5.82 Å². The molecule has 1 aromatic carbocycles. The van der Waals surface area contributed by atoms with Crippen LogP contribution in [-0.4, -0.2) is 9.55 Å². The van der Waals surface area contributed by atoms with Gasteiger partial charge in [-0.3, -0.25) is 0 Å². The molecule has 0 atom stereocenters. The molecule has 0 aliphatic carbocycles. The maximum absolute atomic E-state index is 8.61. The molecular formula is C10H9ClN4. The Balaban J connectivity index is 0.00000112. The van der Waals surface area contributed by atoms with Crippen LogP contribution in [0.25, 0.3) is 5.69 Å². The number of aromatic nitrogens is 2. The van der Waals surface area contributed by atoms with Gasteiger partial charge in [-0.2, -0.15) is 5.26 Å². The number of hydrogen-bond acceptors (Lipinski definition) is 3. The summed E-state index contributed by atoms with van der Waals surface area (Å²) in [5.41, 5.74) is 7.07. The molecule has 1 heterocycles. The molecule has 0 spiro atoms. The van der Waals surface area contributed by atoms with E-state index in [2.05, 4.69) is 11.1 Å². The first-order chi connectivity index (χ1) is 6.79. The first-order valence-corrected chi connectivity index (χ1v) is 4.09. The van der Waals surface area contributed by atoms with Crippen LogP contribution in [0.2, 0.25) is 0 Å². The van der Waals surface area contributed by atoms with Gasteiger partial charge in [0.1, 0.15) is 12.1 Å². The molecule has 0 bridgehead atoms. The van der Waals surface area contributed by atoms with Gasteiger partial charge < -0.3 is 10.3 Å². The molecule has 2 aromatic rings. The summed E-state index contributed by atoms with van der Waals surface area (Å²) >= 11 is 0. The predicted molar refractivity (Wildman–Crippen MR) is 59.9 cm³/mol. The number of nitrogens with zero attached hydrogens (tertiary/aromatic N) is 3. The molecule has 5 heteroatoms. The van der Waals surface area contributed by atoms with Crippen molar-refractivity contribution in [3.05, 3.63) is 42.4 Å². The summed E-state index contributed by atoms with van der Waals surface area (Å²) in [6.45, 7) is 0. The van der Waals surface area contributed by atoms with Crippen LogP contribution in [0.15, 0.2) is 36.8 Å². The van der Waals surface area contributed by atoms with E-state index in [4.69, 9.17) is 11.0 Å². The highest BCUT2D eigenvalue weighted by atomic mass is 35.5. The van der Waals surface area contributed by atoms with Crippen molar-refractivity contribution in [1.29, 1.82) is 5.26 Å². The monoisotopic (exact) mass is 220 g/mol. The van der Waals surface area contributed by atoms with Gasteiger partial charge in [-0.25, -0.2) is 4.98 Å². The van der Waals surface area contributed by atoms with Crippen LogP contribution in [-0.2, 0) is 0 Å². The highest BCUT2D eigenvalue weighted by molar-refractivity contribution is 5.85. The van der Waals surface area contributed by atoms with Gasteiger partial charge in [0, 0.05) is 5.69 Å². The number of nitrogen functional groups attached to an aromatic ring is 1. The minimum absolute atomic E-state index is 0. The maximum atomic E-state index is 8.61. The Morgan fingerprint density at radius 1 is 1.27 bits per heavy atom. The molecule has 4 nitrogen and oxygen atoms in total. The smallest absolute Gasteiger partial charge is 0.141 e. The Labute approximate surface area is 93.4 Å². The molecule has 0 unspecified atom stereocenters. The summed E-state index contributed by atoms with van der Waals surface area (Å²) in [5, 5.41) is 8.61. The van der Waals surface area contributed by atoms with Crippen molar-refractivity contribution in [2.75, 3.05) is 5.73 Å². The molecule has 2 N–H and O–H groups in total. The number of nitrogens with two attached hydrogens (primary N) is 1. The largest absolute Gasteiger partial charge is 0.382 e. The Kier molecular flexibility index (Phi) is 3.32. The van der Waals surface area contributed by atoms with Crippen LogP contribution >= 0.6 is 12.4 Å². The van der Waals surface area contributed by atoms with E-state index >= 15 is 0 Å². The van der Waals surface area contributed by atoms with Crippen molar-refractivity contribution in [3.63, 3.8) is 0 Å². The summed E-state index contributed by atoms with van der Waals surface area (Å²) < 4.78 is 1.80. The standard InChI is InChI=1S/C10H8N4.ClH/c11-5-8-1-3-9(4-2-8)14-6-10(12)13-7-14;/h1-4,6-7H,12H2;1H. The summed E-state index contributed by atoms with van der Waals surface area (Å²) in [6.07, 6.45) is 3.36. The SMILES string of the molecule is Cl.N#Cc1ccc(-n2cnc(N)c2)cc1. The quantitative estimate of drug-likeness (QED) is 0.796. The minimum Gasteiger partial charge on any atom is -0.382 e. The third-order valence-corrected chi connectivity index (χ3v) is 1.90. The third-order valence-electron chi connectivity index (χ3n) is 1.90. The normalized spacial score (nSPS) is 9.00. The molecule has 15 heavy (non-hydrogen) atoms. The fourth-order valence-electron chi connectivity index (χ4n) is 1.19. The van der Waals surface area contributed by atoms with Crippen molar-refractivity contribution >= 4 is 18.2 Å². The van der Waals surface area contributed by atoms with Crippen molar-refractivity contribution < 1.29 is 0 Å². The van der Waals surface area contributed by atoms with E-state index in [1.54, 1.807) is 29.2 Å². The Hall–Kier alpha value is -1.99. The van der Waals surface area contributed by atoms with Gasteiger partial charge in [-0.05, 0) is 24.3 Å². The molecule has 0 amide bonds. The lowest BCUT2D eigenvalue weighted by atomic mass is 10.2. The van der Waals surface area contributed by atoms with Crippen molar-refractivity contribution in [1.82, 2.24) is 9.55 Å². The van der Waals surface area contributed by atoms with Gasteiger partial charge in [-0.15, -0.1) is 12.4 Å². The van der Waals surface area contributed by atoms with Crippen molar-refractivity contribution in [2.24, 2.45) is 0 Å². The second-order valence-corrected chi connectivity index (χ2v) is 2.86. The van der Waals surface area contributed by atoms with E-state index in [-0.39, 0.29) is 12.4 Å². The summed E-state index contributed by atoms with van der Waals surface area (Å²) in [7, 11) is 0. The summed E-state index contributed by atoms with van der Waals surface area (Å²) in [6, 6.07) is 9.27. The molecule has 2 rings (SSSR count). The number of rotatable bonds is 1. The fraction of sp³-hybridized carbons (Fsp3) is 0. The number of anilines is 1. The topological polar surface area (TPSA) is 67.6 Å².